The van der Waals surface area contributed by atoms with E-state index in [1.807, 2.05) is 31.2 Å². The standard InChI is InChI=1S/C30H29FO4/c1-18(30(32)34-3)29(21-8-9-21)22-10-11-23-17-35-28(15-24(23)14-22)20-6-4-19(5-7-20)26-16-25(33-2)12-13-27(26)31/h4-7,10-14,16,21,28H,8-9,15,17H2,1-3H3. The summed E-state index contributed by atoms with van der Waals surface area (Å²) < 4.78 is 30.8. The van der Waals surface area contributed by atoms with Crippen molar-refractivity contribution in [1.82, 2.24) is 0 Å². The van der Waals surface area contributed by atoms with Gasteiger partial charge in [-0.2, -0.15) is 0 Å². The molecule has 1 aliphatic carbocycles. The van der Waals surface area contributed by atoms with Crippen LogP contribution in [0.25, 0.3) is 16.7 Å². The Balaban J connectivity index is 1.40. The molecule has 0 amide bonds. The van der Waals surface area contributed by atoms with Crippen LogP contribution in [-0.4, -0.2) is 20.2 Å². The third kappa shape index (κ3) is 4.73. The van der Waals surface area contributed by atoms with E-state index < -0.39 is 0 Å². The van der Waals surface area contributed by atoms with Gasteiger partial charge in [0.05, 0.1) is 26.9 Å². The maximum atomic E-state index is 14.4. The minimum absolute atomic E-state index is 0.0861. The van der Waals surface area contributed by atoms with Gasteiger partial charge in [0.25, 0.3) is 0 Å². The van der Waals surface area contributed by atoms with Crippen LogP contribution in [0, 0.1) is 11.7 Å². The molecule has 3 aromatic rings. The first-order valence-corrected chi connectivity index (χ1v) is 11.9. The Morgan fingerprint density at radius 1 is 0.971 bits per heavy atom. The molecule has 0 N–H and O–H groups in total. The number of carbonyl (C=O) groups excluding carboxylic acids is 1. The second-order valence-electron chi connectivity index (χ2n) is 9.26. The van der Waals surface area contributed by atoms with Crippen molar-refractivity contribution in [2.75, 3.05) is 14.2 Å². The summed E-state index contributed by atoms with van der Waals surface area (Å²) in [7, 11) is 3.00. The van der Waals surface area contributed by atoms with Crippen LogP contribution in [0.4, 0.5) is 4.39 Å². The van der Waals surface area contributed by atoms with E-state index in [0.29, 0.717) is 29.4 Å². The molecule has 1 unspecified atom stereocenters. The maximum Gasteiger partial charge on any atom is 0.333 e. The van der Waals surface area contributed by atoms with Crippen molar-refractivity contribution in [3.8, 4) is 16.9 Å². The second-order valence-corrected chi connectivity index (χ2v) is 9.26. The monoisotopic (exact) mass is 472 g/mol. The van der Waals surface area contributed by atoms with Crippen LogP contribution < -0.4 is 4.74 Å². The molecule has 1 saturated carbocycles. The van der Waals surface area contributed by atoms with Crippen LogP contribution in [0.1, 0.15) is 48.1 Å². The van der Waals surface area contributed by atoms with Gasteiger partial charge in [-0.25, -0.2) is 9.18 Å². The van der Waals surface area contributed by atoms with Crippen molar-refractivity contribution in [1.29, 1.82) is 0 Å². The summed E-state index contributed by atoms with van der Waals surface area (Å²) in [6.07, 6.45) is 2.86. The van der Waals surface area contributed by atoms with Crippen LogP contribution >= 0.6 is 0 Å². The number of allylic oxidation sites excluding steroid dienone is 1. The molecule has 1 atom stereocenters. The van der Waals surface area contributed by atoms with Gasteiger partial charge < -0.3 is 14.2 Å². The van der Waals surface area contributed by atoms with Gasteiger partial charge in [0.1, 0.15) is 11.6 Å². The molecule has 0 saturated heterocycles. The molecule has 2 aliphatic rings. The molecule has 1 aliphatic heterocycles. The van der Waals surface area contributed by atoms with E-state index in [1.165, 1.54) is 24.3 Å². The van der Waals surface area contributed by atoms with Gasteiger partial charge in [0, 0.05) is 17.6 Å². The third-order valence-electron chi connectivity index (χ3n) is 7.01. The van der Waals surface area contributed by atoms with Crippen molar-refractivity contribution in [3.63, 3.8) is 0 Å². The van der Waals surface area contributed by atoms with Crippen LogP contribution in [0.5, 0.6) is 5.75 Å². The molecule has 0 bridgehead atoms. The van der Waals surface area contributed by atoms with Crippen LogP contribution in [0.3, 0.4) is 0 Å². The van der Waals surface area contributed by atoms with Crippen molar-refractivity contribution in [2.45, 2.75) is 38.9 Å². The lowest BCUT2D eigenvalue weighted by Gasteiger charge is -2.27. The Labute approximate surface area is 205 Å². The topological polar surface area (TPSA) is 44.8 Å². The van der Waals surface area contributed by atoms with Gasteiger partial charge in [0.15, 0.2) is 0 Å². The summed E-state index contributed by atoms with van der Waals surface area (Å²) >= 11 is 0. The molecule has 5 heteroatoms. The predicted molar refractivity (Wildman–Crippen MR) is 133 cm³/mol. The number of benzene rings is 3. The molecule has 35 heavy (non-hydrogen) atoms. The Bertz CT molecular complexity index is 1290. The van der Waals surface area contributed by atoms with E-state index in [1.54, 1.807) is 19.2 Å². The zero-order valence-corrected chi connectivity index (χ0v) is 20.3. The number of hydrogen-bond donors (Lipinski definition) is 0. The summed E-state index contributed by atoms with van der Waals surface area (Å²) in [5.41, 5.74) is 7.65. The van der Waals surface area contributed by atoms with Crippen LogP contribution in [-0.2, 0) is 27.3 Å². The minimum atomic E-state index is -0.282. The number of halogens is 1. The lowest BCUT2D eigenvalue weighted by Crippen LogP contribution is -2.16. The highest BCUT2D eigenvalue weighted by molar-refractivity contribution is 5.98. The van der Waals surface area contributed by atoms with Gasteiger partial charge in [-0.15, -0.1) is 0 Å². The van der Waals surface area contributed by atoms with Gasteiger partial charge in [0.2, 0.25) is 0 Å². The predicted octanol–water partition coefficient (Wildman–Crippen LogP) is 6.67. The first kappa shape index (κ1) is 23.3. The van der Waals surface area contributed by atoms with E-state index in [9.17, 15) is 9.18 Å². The van der Waals surface area contributed by atoms with Gasteiger partial charge in [-0.05, 0) is 77.3 Å². The third-order valence-corrected chi connectivity index (χ3v) is 7.01. The van der Waals surface area contributed by atoms with Crippen molar-refractivity contribution in [2.24, 2.45) is 5.92 Å². The molecule has 1 fully saturated rings. The number of hydrogen-bond acceptors (Lipinski definition) is 4. The molecule has 1 heterocycles. The highest BCUT2D eigenvalue weighted by Crippen LogP contribution is 2.45. The molecule has 0 spiro atoms. The van der Waals surface area contributed by atoms with E-state index in [4.69, 9.17) is 14.2 Å². The van der Waals surface area contributed by atoms with E-state index >= 15 is 0 Å². The van der Waals surface area contributed by atoms with E-state index in [0.717, 1.165) is 41.5 Å². The molecular weight excluding hydrogens is 443 g/mol. The molecule has 180 valence electrons. The van der Waals surface area contributed by atoms with Gasteiger partial charge in [-0.3, -0.25) is 0 Å². The fourth-order valence-electron chi connectivity index (χ4n) is 4.91. The number of methoxy groups -OCH3 is 2. The quantitative estimate of drug-likeness (QED) is 0.297. The van der Waals surface area contributed by atoms with E-state index in [-0.39, 0.29) is 17.9 Å². The summed E-state index contributed by atoms with van der Waals surface area (Å²) in [6.45, 7) is 2.39. The van der Waals surface area contributed by atoms with Crippen molar-refractivity contribution >= 4 is 11.5 Å². The number of ether oxygens (including phenoxy) is 3. The fraction of sp³-hybridized carbons (Fsp3) is 0.300. The Morgan fingerprint density at radius 2 is 1.74 bits per heavy atom. The number of carbonyl (C=O) groups is 1. The van der Waals surface area contributed by atoms with Crippen molar-refractivity contribution in [3.05, 3.63) is 94.3 Å². The Hall–Kier alpha value is -3.44. The minimum Gasteiger partial charge on any atom is -0.497 e. The molecule has 3 aromatic carbocycles. The van der Waals surface area contributed by atoms with Gasteiger partial charge in [-0.1, -0.05) is 42.5 Å². The fourth-order valence-corrected chi connectivity index (χ4v) is 4.91. The number of rotatable bonds is 6. The normalized spacial score (nSPS) is 17.9. The highest BCUT2D eigenvalue weighted by Gasteiger charge is 2.31. The molecule has 0 aromatic heterocycles. The maximum absolute atomic E-state index is 14.4. The largest absolute Gasteiger partial charge is 0.497 e. The van der Waals surface area contributed by atoms with E-state index in [2.05, 4.69) is 18.2 Å². The zero-order chi connectivity index (χ0) is 24.5. The highest BCUT2D eigenvalue weighted by atomic mass is 19.1. The molecular formula is C30H29FO4. The number of fused-ring (bicyclic) bond motifs is 1. The summed E-state index contributed by atoms with van der Waals surface area (Å²) in [6, 6.07) is 19.0. The SMILES string of the molecule is COC(=O)C(C)=C(c1ccc2c(c1)CC(c1ccc(-c3cc(OC)ccc3F)cc1)OC2)C1CC1. The summed E-state index contributed by atoms with van der Waals surface area (Å²) in [5, 5.41) is 0. The Kier molecular flexibility index (Phi) is 6.44. The van der Waals surface area contributed by atoms with Crippen LogP contribution in [0.15, 0.2) is 66.2 Å². The number of esters is 1. The average Bonchev–Trinajstić information content (AvgIpc) is 3.73. The van der Waals surface area contributed by atoms with Crippen molar-refractivity contribution < 1.29 is 23.4 Å². The summed E-state index contributed by atoms with van der Waals surface area (Å²) in [5.74, 6) is 0.497. The molecule has 0 radical (unpaired) electrons. The first-order chi connectivity index (χ1) is 17.0. The second kappa shape index (κ2) is 9.67. The van der Waals surface area contributed by atoms with Crippen LogP contribution in [0.2, 0.25) is 0 Å². The first-order valence-electron chi connectivity index (χ1n) is 11.9. The lowest BCUT2D eigenvalue weighted by atomic mass is 9.89. The Morgan fingerprint density at radius 3 is 2.43 bits per heavy atom. The average molecular weight is 473 g/mol. The molecule has 4 nitrogen and oxygen atoms in total. The van der Waals surface area contributed by atoms with Gasteiger partial charge >= 0.3 is 5.97 Å². The summed E-state index contributed by atoms with van der Waals surface area (Å²) in [4.78, 5) is 12.2. The molecule has 5 rings (SSSR count). The smallest absolute Gasteiger partial charge is 0.333 e. The lowest BCUT2D eigenvalue weighted by molar-refractivity contribution is -0.135. The zero-order valence-electron chi connectivity index (χ0n) is 20.3.